The summed E-state index contributed by atoms with van der Waals surface area (Å²) in [5.41, 5.74) is 0. The second kappa shape index (κ2) is 16.0. The zero-order chi connectivity index (χ0) is 3.41. The molecule has 0 bridgehead atoms. The van der Waals surface area contributed by atoms with Gasteiger partial charge in [-0.3, -0.25) is 0 Å². The molecule has 0 aliphatic carbocycles. The van der Waals surface area contributed by atoms with E-state index in [2.05, 4.69) is 23.8 Å². The average Bonchev–Trinajstić information content (AvgIpc) is 1.37. The van der Waals surface area contributed by atoms with Crippen molar-refractivity contribution in [2.75, 3.05) is 0 Å². The minimum atomic E-state index is 0. The fourth-order valence-corrected chi connectivity index (χ4v) is 0. The first-order valence-corrected chi connectivity index (χ1v) is 2.85. The minimum absolute atomic E-state index is 0. The van der Waals surface area contributed by atoms with Crippen molar-refractivity contribution in [2.45, 2.75) is 18.6 Å². The molecule has 40 valence electrons. The molecule has 0 rings (SSSR count). The van der Waals surface area contributed by atoms with Crippen LogP contribution < -0.4 is 34.0 Å². The van der Waals surface area contributed by atoms with Gasteiger partial charge in [-0.1, -0.05) is 0 Å². The number of rotatable bonds is 1. The summed E-state index contributed by atoms with van der Waals surface area (Å²) in [4.78, 5) is 0. The van der Waals surface area contributed by atoms with Gasteiger partial charge in [0, 0.05) is 0 Å². The summed E-state index contributed by atoms with van der Waals surface area (Å²) in [6.45, 7) is 2.16. The Morgan fingerprint density at radius 1 is 1.33 bits per heavy atom. The monoisotopic (exact) mass is 276 g/mol. The standard InChI is InChI=1S/C3H7As.2BrH/c1-2-3-4;;/h2-3H2,1H3;2*1H/p-2. The van der Waals surface area contributed by atoms with Crippen molar-refractivity contribution >= 4 is 16.9 Å². The van der Waals surface area contributed by atoms with Gasteiger partial charge in [-0.05, 0) is 0 Å². The molecule has 0 fully saturated rings. The van der Waals surface area contributed by atoms with E-state index in [1.165, 1.54) is 11.6 Å². The van der Waals surface area contributed by atoms with E-state index in [-0.39, 0.29) is 34.0 Å². The van der Waals surface area contributed by atoms with Crippen molar-refractivity contribution in [1.29, 1.82) is 0 Å². The summed E-state index contributed by atoms with van der Waals surface area (Å²) < 4.78 is 0. The third-order valence-electron chi connectivity index (χ3n) is 0.224. The molecule has 0 spiro atoms. The zero-order valence-electron chi connectivity index (χ0n) is 3.62. The van der Waals surface area contributed by atoms with E-state index in [4.69, 9.17) is 0 Å². The van der Waals surface area contributed by atoms with Crippen LogP contribution in [-0.2, 0) is 0 Å². The summed E-state index contributed by atoms with van der Waals surface area (Å²) in [6, 6.07) is 0. The molecule has 0 atom stereocenters. The van der Waals surface area contributed by atoms with Crippen LogP contribution in [0.5, 0.6) is 0 Å². The molecule has 6 heavy (non-hydrogen) atoms. The molecule has 0 aromatic rings. The normalized spacial score (nSPS) is 5.00. The fourth-order valence-electron chi connectivity index (χ4n) is 0. The molecule has 0 aromatic heterocycles. The SMILES string of the molecule is CCC[As].[Br-].[Br-]. The van der Waals surface area contributed by atoms with Crippen LogP contribution in [0.1, 0.15) is 13.3 Å². The second-order valence-corrected chi connectivity index (χ2v) is 1.66. The summed E-state index contributed by atoms with van der Waals surface area (Å²) in [6.07, 6.45) is 1.29. The van der Waals surface area contributed by atoms with Crippen LogP contribution in [0.25, 0.3) is 0 Å². The van der Waals surface area contributed by atoms with Crippen molar-refractivity contribution in [3.8, 4) is 0 Å². The predicted molar refractivity (Wildman–Crippen MR) is 20.9 cm³/mol. The van der Waals surface area contributed by atoms with Gasteiger partial charge in [0.25, 0.3) is 0 Å². The predicted octanol–water partition coefficient (Wildman–Crippen LogP) is -5.01. The van der Waals surface area contributed by atoms with Crippen molar-refractivity contribution < 1.29 is 34.0 Å². The molecule has 0 aliphatic rings. The van der Waals surface area contributed by atoms with Gasteiger partial charge in [-0.15, -0.1) is 0 Å². The molecule has 0 aliphatic heterocycles. The first-order chi connectivity index (χ1) is 1.91. The van der Waals surface area contributed by atoms with Crippen molar-refractivity contribution in [3.05, 3.63) is 0 Å². The molecular formula is C3H7AsBr2-2. The molecule has 0 heterocycles. The van der Waals surface area contributed by atoms with Gasteiger partial charge in [0.05, 0.1) is 0 Å². The summed E-state index contributed by atoms with van der Waals surface area (Å²) >= 11 is 2.54. The van der Waals surface area contributed by atoms with Gasteiger partial charge in [0.2, 0.25) is 0 Å². The van der Waals surface area contributed by atoms with Crippen LogP contribution in [-0.4, -0.2) is 16.9 Å². The van der Waals surface area contributed by atoms with Gasteiger partial charge < -0.3 is 34.0 Å². The summed E-state index contributed by atoms with van der Waals surface area (Å²) in [5.74, 6) is 0. The largest absolute Gasteiger partial charge is 1.00 e. The Bertz CT molecular complexity index is 10.8. The van der Waals surface area contributed by atoms with Crippen LogP contribution in [0.15, 0.2) is 0 Å². The Hall–Kier alpha value is 1.52. The first kappa shape index (κ1) is 15.6. The van der Waals surface area contributed by atoms with Crippen LogP contribution in [0.2, 0.25) is 5.21 Å². The van der Waals surface area contributed by atoms with E-state index in [0.29, 0.717) is 0 Å². The van der Waals surface area contributed by atoms with Gasteiger partial charge in [-0.2, -0.15) is 0 Å². The number of hydrogen-bond donors (Lipinski definition) is 0. The molecule has 0 unspecified atom stereocenters. The summed E-state index contributed by atoms with van der Waals surface area (Å²) in [7, 11) is 0. The summed E-state index contributed by atoms with van der Waals surface area (Å²) in [5, 5.41) is 1.26. The molecule has 0 aromatic carbocycles. The van der Waals surface area contributed by atoms with Gasteiger partial charge >= 0.3 is 35.4 Å². The molecule has 2 radical (unpaired) electrons. The third kappa shape index (κ3) is 17.8. The van der Waals surface area contributed by atoms with Crippen LogP contribution >= 0.6 is 0 Å². The van der Waals surface area contributed by atoms with Crippen LogP contribution in [0.3, 0.4) is 0 Å². The Balaban J connectivity index is -0.0000000450. The van der Waals surface area contributed by atoms with Gasteiger partial charge in [0.1, 0.15) is 0 Å². The van der Waals surface area contributed by atoms with E-state index in [1.807, 2.05) is 0 Å². The molecule has 0 saturated carbocycles. The molecule has 0 N–H and O–H groups in total. The number of hydrogen-bond acceptors (Lipinski definition) is 0. The molecule has 0 nitrogen and oxygen atoms in total. The maximum Gasteiger partial charge on any atom is -1.00 e. The topological polar surface area (TPSA) is 0 Å². The van der Waals surface area contributed by atoms with Crippen molar-refractivity contribution in [1.82, 2.24) is 0 Å². The van der Waals surface area contributed by atoms with Gasteiger partial charge in [-0.25, -0.2) is 0 Å². The molecular weight excluding hydrogens is 271 g/mol. The Kier molecular flexibility index (Phi) is 41.8. The fraction of sp³-hybridized carbons (Fsp3) is 1.00. The van der Waals surface area contributed by atoms with E-state index in [0.717, 1.165) is 0 Å². The van der Waals surface area contributed by atoms with E-state index in [1.54, 1.807) is 0 Å². The van der Waals surface area contributed by atoms with Crippen LogP contribution in [0, 0.1) is 0 Å². The van der Waals surface area contributed by atoms with Crippen LogP contribution in [0.4, 0.5) is 0 Å². The Morgan fingerprint density at radius 3 is 1.50 bits per heavy atom. The quantitative estimate of drug-likeness (QED) is 0.421. The van der Waals surface area contributed by atoms with Crippen molar-refractivity contribution in [3.63, 3.8) is 0 Å². The second-order valence-electron chi connectivity index (χ2n) is 0.724. The average molecular weight is 278 g/mol. The minimum Gasteiger partial charge on any atom is -1.00 e. The zero-order valence-corrected chi connectivity index (χ0v) is 8.67. The maximum absolute atomic E-state index is 2.54. The molecule has 0 amide bonds. The smallest absolute Gasteiger partial charge is 1.00 e. The van der Waals surface area contributed by atoms with Crippen molar-refractivity contribution in [2.24, 2.45) is 0 Å². The number of halogens is 2. The molecule has 3 heteroatoms. The molecule has 0 saturated heterocycles. The Labute approximate surface area is 69.1 Å². The van der Waals surface area contributed by atoms with E-state index >= 15 is 0 Å². The van der Waals surface area contributed by atoms with Gasteiger partial charge in [0.15, 0.2) is 0 Å². The third-order valence-corrected chi connectivity index (χ3v) is 1.16. The first-order valence-electron chi connectivity index (χ1n) is 1.52. The Morgan fingerprint density at radius 2 is 1.50 bits per heavy atom. The maximum atomic E-state index is 2.54. The van der Waals surface area contributed by atoms with E-state index < -0.39 is 0 Å². The van der Waals surface area contributed by atoms with E-state index in [9.17, 15) is 0 Å².